The normalized spacial score (nSPS) is 13.5. The summed E-state index contributed by atoms with van der Waals surface area (Å²) in [6.45, 7) is 2.92. The number of hydrogen-bond acceptors (Lipinski definition) is 5. The standard InChI is InChI=1S/C20H19N3OS/c1-15-13-21-20(25-15)16-5-3-7-18(11-16)24-19-8-4-6-17(12-19)23-10-9-22(2)14-23/h3-13H,14H2,1-2H3. The Kier molecular flexibility index (Phi) is 4.15. The van der Waals surface area contributed by atoms with E-state index in [0.29, 0.717) is 0 Å². The molecule has 0 radical (unpaired) electrons. The van der Waals surface area contributed by atoms with Crippen molar-refractivity contribution in [2.45, 2.75) is 6.92 Å². The van der Waals surface area contributed by atoms with E-state index in [1.165, 1.54) is 4.88 Å². The first-order valence-corrected chi connectivity index (χ1v) is 8.95. The maximum atomic E-state index is 6.09. The summed E-state index contributed by atoms with van der Waals surface area (Å²) in [6, 6.07) is 16.2. The Bertz CT molecular complexity index is 919. The highest BCUT2D eigenvalue weighted by Gasteiger charge is 2.11. The third kappa shape index (κ3) is 3.51. The molecule has 126 valence electrons. The summed E-state index contributed by atoms with van der Waals surface area (Å²) in [4.78, 5) is 9.97. The maximum Gasteiger partial charge on any atom is 0.129 e. The molecule has 2 aromatic carbocycles. The molecule has 3 aromatic rings. The van der Waals surface area contributed by atoms with Crippen molar-refractivity contribution < 1.29 is 4.74 Å². The second-order valence-corrected chi connectivity index (χ2v) is 7.30. The molecular weight excluding hydrogens is 330 g/mol. The van der Waals surface area contributed by atoms with Gasteiger partial charge in [-0.3, -0.25) is 0 Å². The van der Waals surface area contributed by atoms with Crippen LogP contribution in [0.3, 0.4) is 0 Å². The summed E-state index contributed by atoms with van der Waals surface area (Å²) in [6.07, 6.45) is 6.04. The van der Waals surface area contributed by atoms with Gasteiger partial charge in [0.25, 0.3) is 0 Å². The fourth-order valence-corrected chi connectivity index (χ4v) is 3.50. The van der Waals surface area contributed by atoms with Gasteiger partial charge in [-0.15, -0.1) is 11.3 Å². The molecule has 0 saturated carbocycles. The summed E-state index contributed by atoms with van der Waals surface area (Å²) in [5.74, 6) is 1.64. The van der Waals surface area contributed by atoms with Crippen LogP contribution in [0.1, 0.15) is 4.88 Å². The van der Waals surface area contributed by atoms with Gasteiger partial charge >= 0.3 is 0 Å². The molecular formula is C20H19N3OS. The topological polar surface area (TPSA) is 28.6 Å². The predicted molar refractivity (Wildman–Crippen MR) is 103 cm³/mol. The molecule has 25 heavy (non-hydrogen) atoms. The molecule has 1 aliphatic heterocycles. The highest BCUT2D eigenvalue weighted by Crippen LogP contribution is 2.31. The van der Waals surface area contributed by atoms with Gasteiger partial charge in [0.15, 0.2) is 0 Å². The van der Waals surface area contributed by atoms with Gasteiger partial charge in [0.05, 0.1) is 6.67 Å². The van der Waals surface area contributed by atoms with Crippen molar-refractivity contribution in [1.82, 2.24) is 9.88 Å². The van der Waals surface area contributed by atoms with Crippen molar-refractivity contribution in [3.63, 3.8) is 0 Å². The summed E-state index contributed by atoms with van der Waals surface area (Å²) in [7, 11) is 2.06. The lowest BCUT2D eigenvalue weighted by atomic mass is 10.2. The van der Waals surface area contributed by atoms with Crippen LogP contribution in [0.4, 0.5) is 5.69 Å². The Balaban J connectivity index is 1.55. The van der Waals surface area contributed by atoms with Gasteiger partial charge in [0.2, 0.25) is 0 Å². The van der Waals surface area contributed by atoms with E-state index in [1.807, 2.05) is 36.5 Å². The molecule has 1 aromatic heterocycles. The number of nitrogens with zero attached hydrogens (tertiary/aromatic N) is 3. The number of thiazole rings is 1. The zero-order valence-corrected chi connectivity index (χ0v) is 15.0. The minimum Gasteiger partial charge on any atom is -0.457 e. The van der Waals surface area contributed by atoms with Crippen LogP contribution >= 0.6 is 11.3 Å². The van der Waals surface area contributed by atoms with Crippen LogP contribution < -0.4 is 9.64 Å². The third-order valence-electron chi connectivity index (χ3n) is 3.96. The smallest absolute Gasteiger partial charge is 0.129 e. The number of aryl methyl sites for hydroxylation is 1. The van der Waals surface area contributed by atoms with Gasteiger partial charge in [0, 0.05) is 47.8 Å². The van der Waals surface area contributed by atoms with Gasteiger partial charge in [-0.1, -0.05) is 18.2 Å². The Morgan fingerprint density at radius 3 is 2.56 bits per heavy atom. The number of anilines is 1. The Labute approximate surface area is 151 Å². The third-order valence-corrected chi connectivity index (χ3v) is 4.93. The monoisotopic (exact) mass is 349 g/mol. The molecule has 1 aliphatic rings. The highest BCUT2D eigenvalue weighted by molar-refractivity contribution is 7.14. The molecule has 4 rings (SSSR count). The first kappa shape index (κ1) is 15.7. The van der Waals surface area contributed by atoms with Gasteiger partial charge in [-0.25, -0.2) is 4.98 Å². The van der Waals surface area contributed by atoms with Gasteiger partial charge in [-0.2, -0.15) is 0 Å². The van der Waals surface area contributed by atoms with Crippen molar-refractivity contribution in [1.29, 1.82) is 0 Å². The average molecular weight is 349 g/mol. The summed E-state index contributed by atoms with van der Waals surface area (Å²) in [5.41, 5.74) is 2.20. The average Bonchev–Trinajstić information content (AvgIpc) is 3.24. The minimum atomic E-state index is 0.816. The molecule has 5 heteroatoms. The van der Waals surface area contributed by atoms with E-state index in [4.69, 9.17) is 4.74 Å². The van der Waals surface area contributed by atoms with E-state index in [1.54, 1.807) is 11.3 Å². The summed E-state index contributed by atoms with van der Waals surface area (Å²) >= 11 is 1.69. The van der Waals surface area contributed by atoms with Crippen molar-refractivity contribution >= 4 is 17.0 Å². The predicted octanol–water partition coefficient (Wildman–Crippen LogP) is 5.09. The molecule has 0 N–H and O–H groups in total. The highest BCUT2D eigenvalue weighted by atomic mass is 32.1. The number of rotatable bonds is 4. The lowest BCUT2D eigenvalue weighted by Gasteiger charge is -2.19. The van der Waals surface area contributed by atoms with E-state index < -0.39 is 0 Å². The molecule has 2 heterocycles. The summed E-state index contributed by atoms with van der Waals surface area (Å²) < 4.78 is 6.09. The minimum absolute atomic E-state index is 0.816. The molecule has 0 unspecified atom stereocenters. The fourth-order valence-electron chi connectivity index (χ4n) is 2.74. The lowest BCUT2D eigenvalue weighted by molar-refractivity contribution is 0.481. The van der Waals surface area contributed by atoms with E-state index in [9.17, 15) is 0 Å². The van der Waals surface area contributed by atoms with E-state index in [2.05, 4.69) is 59.4 Å². The lowest BCUT2D eigenvalue weighted by Crippen LogP contribution is -2.21. The second-order valence-electron chi connectivity index (χ2n) is 6.07. The molecule has 4 nitrogen and oxygen atoms in total. The van der Waals surface area contributed by atoms with Crippen LogP contribution in [0.5, 0.6) is 11.5 Å². The van der Waals surface area contributed by atoms with E-state index >= 15 is 0 Å². The Hall–Kier alpha value is -2.79. The van der Waals surface area contributed by atoms with Crippen molar-refractivity contribution in [3.05, 3.63) is 72.0 Å². The van der Waals surface area contributed by atoms with Gasteiger partial charge in [-0.05, 0) is 31.2 Å². The van der Waals surface area contributed by atoms with Crippen LogP contribution in [0, 0.1) is 6.92 Å². The Morgan fingerprint density at radius 2 is 1.84 bits per heavy atom. The van der Waals surface area contributed by atoms with Crippen LogP contribution in [-0.4, -0.2) is 23.6 Å². The first-order chi connectivity index (χ1) is 12.2. The van der Waals surface area contributed by atoms with Crippen molar-refractivity contribution in [2.75, 3.05) is 18.6 Å². The molecule has 0 aliphatic carbocycles. The molecule has 0 bridgehead atoms. The Morgan fingerprint density at radius 1 is 1.04 bits per heavy atom. The second kappa shape index (κ2) is 6.61. The van der Waals surface area contributed by atoms with Crippen LogP contribution in [0.2, 0.25) is 0 Å². The number of benzene rings is 2. The zero-order valence-electron chi connectivity index (χ0n) is 14.2. The van der Waals surface area contributed by atoms with Crippen molar-refractivity contribution in [3.8, 4) is 22.1 Å². The molecule has 0 fully saturated rings. The van der Waals surface area contributed by atoms with Crippen LogP contribution in [0.15, 0.2) is 67.1 Å². The largest absolute Gasteiger partial charge is 0.457 e. The number of aromatic nitrogens is 1. The van der Waals surface area contributed by atoms with Gasteiger partial charge < -0.3 is 14.5 Å². The molecule has 0 saturated heterocycles. The maximum absolute atomic E-state index is 6.09. The van der Waals surface area contributed by atoms with Gasteiger partial charge in [0.1, 0.15) is 16.5 Å². The van der Waals surface area contributed by atoms with E-state index in [-0.39, 0.29) is 0 Å². The SMILES string of the molecule is Cc1cnc(-c2cccc(Oc3cccc(N4C=CN(C)C4)c3)c2)s1. The van der Waals surface area contributed by atoms with Crippen molar-refractivity contribution in [2.24, 2.45) is 0 Å². The quantitative estimate of drug-likeness (QED) is 0.656. The molecule has 0 atom stereocenters. The first-order valence-electron chi connectivity index (χ1n) is 8.13. The molecule has 0 spiro atoms. The molecule has 0 amide bonds. The fraction of sp³-hybridized carbons (Fsp3) is 0.150. The summed E-state index contributed by atoms with van der Waals surface area (Å²) in [5, 5.41) is 1.02. The van der Waals surface area contributed by atoms with Crippen LogP contribution in [-0.2, 0) is 0 Å². The van der Waals surface area contributed by atoms with E-state index in [0.717, 1.165) is 34.4 Å². The number of ether oxygens (including phenoxy) is 1. The number of hydrogen-bond donors (Lipinski definition) is 0. The van der Waals surface area contributed by atoms with Crippen LogP contribution in [0.25, 0.3) is 10.6 Å². The zero-order chi connectivity index (χ0) is 17.2.